The van der Waals surface area contributed by atoms with E-state index in [4.69, 9.17) is 9.84 Å². The molecule has 2 aromatic carbocycles. The zero-order chi connectivity index (χ0) is 24.9. The number of hydrogen-bond acceptors (Lipinski definition) is 8. The topological polar surface area (TPSA) is 146 Å². The van der Waals surface area contributed by atoms with Crippen molar-refractivity contribution in [2.45, 2.75) is 43.9 Å². The minimum absolute atomic E-state index is 0.135. The van der Waals surface area contributed by atoms with E-state index in [0.29, 0.717) is 5.56 Å². The first kappa shape index (κ1) is 25.1. The van der Waals surface area contributed by atoms with Crippen molar-refractivity contribution in [1.82, 2.24) is 5.32 Å². The van der Waals surface area contributed by atoms with Crippen LogP contribution in [0, 0.1) is 17.2 Å². The van der Waals surface area contributed by atoms with Gasteiger partial charge in [-0.1, -0.05) is 18.2 Å². The number of rotatable bonds is 6. The van der Waals surface area contributed by atoms with Gasteiger partial charge in [-0.2, -0.15) is 5.26 Å². The highest BCUT2D eigenvalue weighted by Crippen LogP contribution is 2.27. The van der Waals surface area contributed by atoms with Crippen molar-refractivity contribution in [2.24, 2.45) is 5.92 Å². The summed E-state index contributed by atoms with van der Waals surface area (Å²) in [6, 6.07) is 13.9. The normalized spacial score (nSPS) is 27.5. The molecule has 2 aliphatic heterocycles. The largest absolute Gasteiger partial charge is 0.394 e. The molecule has 2 heterocycles. The molecular weight excluding hydrogens is 450 g/mol. The standard InChI is InChI=1S/C26H31N3O6/c27-13-19(25(33)28-14-21-23(31)24(32)22(15-30)35-26(21)34)11-16-4-5-18-12-20(7-6-17(18)10-16)29-8-2-1-3-9-29/h4-7,10-12,21-24,26,30-32,34H,1-3,8-9,14-15H2,(H,28,33)/b19-11+. The Morgan fingerprint density at radius 2 is 1.80 bits per heavy atom. The second kappa shape index (κ2) is 11.2. The van der Waals surface area contributed by atoms with E-state index in [1.165, 1.54) is 31.0 Å². The Hall–Kier alpha value is -3.00. The van der Waals surface area contributed by atoms with Crippen LogP contribution in [-0.4, -0.2) is 77.2 Å². The number of carbonyl (C=O) groups is 1. The number of nitrogens with one attached hydrogen (secondary N) is 1. The molecule has 0 bridgehead atoms. The van der Waals surface area contributed by atoms with Gasteiger partial charge in [-0.15, -0.1) is 0 Å². The zero-order valence-corrected chi connectivity index (χ0v) is 19.4. The smallest absolute Gasteiger partial charge is 0.261 e. The molecular formula is C26H31N3O6. The van der Waals surface area contributed by atoms with Gasteiger partial charge in [-0.3, -0.25) is 4.79 Å². The summed E-state index contributed by atoms with van der Waals surface area (Å²) in [5.41, 5.74) is 1.75. The van der Waals surface area contributed by atoms with Crippen LogP contribution < -0.4 is 10.2 Å². The third kappa shape index (κ3) is 5.64. The molecule has 0 aliphatic carbocycles. The van der Waals surface area contributed by atoms with Crippen molar-refractivity contribution in [3.63, 3.8) is 0 Å². The number of piperidine rings is 1. The van der Waals surface area contributed by atoms with Crippen molar-refractivity contribution in [1.29, 1.82) is 5.26 Å². The van der Waals surface area contributed by atoms with Gasteiger partial charge in [0.25, 0.3) is 5.91 Å². The predicted octanol–water partition coefficient (Wildman–Crippen LogP) is 0.901. The van der Waals surface area contributed by atoms with E-state index in [0.717, 1.165) is 23.9 Å². The number of anilines is 1. The van der Waals surface area contributed by atoms with Gasteiger partial charge in [0.1, 0.15) is 23.9 Å². The molecule has 9 heteroatoms. The molecule has 0 spiro atoms. The fraction of sp³-hybridized carbons (Fsp3) is 0.462. The van der Waals surface area contributed by atoms with Crippen LogP contribution in [0.4, 0.5) is 5.69 Å². The van der Waals surface area contributed by atoms with Crippen LogP contribution in [0.25, 0.3) is 16.8 Å². The number of hydrogen-bond donors (Lipinski definition) is 5. The molecule has 2 aromatic rings. The minimum atomic E-state index is -1.49. The number of amides is 1. The van der Waals surface area contributed by atoms with Crippen LogP contribution in [0.5, 0.6) is 0 Å². The van der Waals surface area contributed by atoms with Crippen LogP contribution >= 0.6 is 0 Å². The second-order valence-corrected chi connectivity index (χ2v) is 9.11. The molecule has 4 rings (SSSR count). The van der Waals surface area contributed by atoms with Crippen molar-refractivity contribution < 1.29 is 30.0 Å². The first-order valence-electron chi connectivity index (χ1n) is 11.9. The SMILES string of the molecule is N#C/C(=C\c1ccc2cc(N3CCCCC3)ccc2c1)C(=O)NCC1C(O)OC(CO)C(O)C1O. The summed E-state index contributed by atoms with van der Waals surface area (Å²) >= 11 is 0. The van der Waals surface area contributed by atoms with E-state index in [1.807, 2.05) is 30.3 Å². The minimum Gasteiger partial charge on any atom is -0.394 e. The number of nitrogens with zero attached hydrogens (tertiary/aromatic N) is 2. The van der Waals surface area contributed by atoms with Crippen LogP contribution in [0.3, 0.4) is 0 Å². The number of ether oxygens (including phenoxy) is 1. The van der Waals surface area contributed by atoms with Crippen LogP contribution in [0.1, 0.15) is 24.8 Å². The third-order valence-electron chi connectivity index (χ3n) is 6.77. The maximum Gasteiger partial charge on any atom is 0.261 e. The van der Waals surface area contributed by atoms with Crippen LogP contribution in [0.15, 0.2) is 42.0 Å². The number of aliphatic hydroxyl groups excluding tert-OH is 4. The lowest BCUT2D eigenvalue weighted by Crippen LogP contribution is -2.58. The third-order valence-corrected chi connectivity index (χ3v) is 6.77. The highest BCUT2D eigenvalue weighted by Gasteiger charge is 2.43. The molecule has 2 aliphatic rings. The van der Waals surface area contributed by atoms with Crippen molar-refractivity contribution in [2.75, 3.05) is 31.1 Å². The average Bonchev–Trinajstić information content (AvgIpc) is 2.89. The van der Waals surface area contributed by atoms with E-state index in [1.54, 1.807) is 0 Å². The summed E-state index contributed by atoms with van der Waals surface area (Å²) < 4.78 is 5.10. The fourth-order valence-corrected chi connectivity index (χ4v) is 4.69. The molecule has 5 unspecified atom stereocenters. The zero-order valence-electron chi connectivity index (χ0n) is 19.4. The summed E-state index contributed by atoms with van der Waals surface area (Å²) in [6.07, 6.45) is -0.275. The predicted molar refractivity (Wildman–Crippen MR) is 130 cm³/mol. The lowest BCUT2D eigenvalue weighted by molar-refractivity contribution is -0.268. The summed E-state index contributed by atoms with van der Waals surface area (Å²) in [7, 11) is 0. The Kier molecular flexibility index (Phi) is 8.00. The Morgan fingerprint density at radius 1 is 1.09 bits per heavy atom. The maximum atomic E-state index is 12.6. The molecule has 35 heavy (non-hydrogen) atoms. The van der Waals surface area contributed by atoms with E-state index in [9.17, 15) is 25.4 Å². The Bertz CT molecular complexity index is 1120. The fourth-order valence-electron chi connectivity index (χ4n) is 4.69. The summed E-state index contributed by atoms with van der Waals surface area (Å²) in [4.78, 5) is 15.0. The lowest BCUT2D eigenvalue weighted by atomic mass is 9.91. The molecule has 0 saturated carbocycles. The van der Waals surface area contributed by atoms with Crippen molar-refractivity contribution in [3.8, 4) is 6.07 Å². The van der Waals surface area contributed by atoms with Crippen molar-refractivity contribution in [3.05, 3.63) is 47.5 Å². The van der Waals surface area contributed by atoms with E-state index in [-0.39, 0.29) is 12.1 Å². The number of carbonyl (C=O) groups excluding carboxylic acids is 1. The first-order valence-corrected chi connectivity index (χ1v) is 11.9. The molecule has 2 saturated heterocycles. The summed E-state index contributed by atoms with van der Waals surface area (Å²) in [6.45, 7) is 1.33. The summed E-state index contributed by atoms with van der Waals surface area (Å²) in [5.74, 6) is -1.70. The van der Waals surface area contributed by atoms with Gasteiger partial charge in [0.2, 0.25) is 0 Å². The van der Waals surface area contributed by atoms with E-state index in [2.05, 4.69) is 22.3 Å². The highest BCUT2D eigenvalue weighted by molar-refractivity contribution is 6.02. The van der Waals surface area contributed by atoms with E-state index >= 15 is 0 Å². The molecule has 9 nitrogen and oxygen atoms in total. The van der Waals surface area contributed by atoms with Crippen LogP contribution in [-0.2, 0) is 9.53 Å². The summed E-state index contributed by atoms with van der Waals surface area (Å²) in [5, 5.41) is 53.6. The van der Waals surface area contributed by atoms with Gasteiger partial charge >= 0.3 is 0 Å². The molecule has 5 atom stereocenters. The van der Waals surface area contributed by atoms with Gasteiger partial charge in [-0.05, 0) is 59.9 Å². The van der Waals surface area contributed by atoms with Gasteiger partial charge < -0.3 is 35.4 Å². The highest BCUT2D eigenvalue weighted by atomic mass is 16.6. The molecule has 0 aromatic heterocycles. The number of fused-ring (bicyclic) bond motifs is 1. The van der Waals surface area contributed by atoms with Gasteiger partial charge in [-0.25, -0.2) is 0 Å². The molecule has 2 fully saturated rings. The molecule has 186 valence electrons. The Balaban J connectivity index is 1.44. The monoisotopic (exact) mass is 481 g/mol. The van der Waals surface area contributed by atoms with Crippen molar-refractivity contribution >= 4 is 28.4 Å². The molecule has 0 radical (unpaired) electrons. The van der Waals surface area contributed by atoms with Gasteiger partial charge in [0.05, 0.1) is 18.6 Å². The van der Waals surface area contributed by atoms with Gasteiger partial charge in [0.15, 0.2) is 6.29 Å². The Labute approximate surface area is 203 Å². The Morgan fingerprint density at radius 3 is 2.51 bits per heavy atom. The number of aliphatic hydroxyl groups is 4. The first-order chi connectivity index (χ1) is 16.9. The lowest BCUT2D eigenvalue weighted by Gasteiger charge is -2.40. The number of benzene rings is 2. The average molecular weight is 482 g/mol. The number of nitriles is 1. The molecule has 5 N–H and O–H groups in total. The van der Waals surface area contributed by atoms with Gasteiger partial charge in [0, 0.05) is 25.3 Å². The van der Waals surface area contributed by atoms with E-state index < -0.39 is 43.0 Å². The molecule has 1 amide bonds. The quantitative estimate of drug-likeness (QED) is 0.302. The second-order valence-electron chi connectivity index (χ2n) is 9.11. The maximum absolute atomic E-state index is 12.6. The van der Waals surface area contributed by atoms with Crippen LogP contribution in [0.2, 0.25) is 0 Å².